The van der Waals surface area contributed by atoms with Gasteiger partial charge in [0.25, 0.3) is 0 Å². The third-order valence-electron chi connectivity index (χ3n) is 3.77. The van der Waals surface area contributed by atoms with Crippen LogP contribution in [0.4, 0.5) is 11.4 Å². The van der Waals surface area contributed by atoms with Gasteiger partial charge in [0.2, 0.25) is 5.91 Å². The van der Waals surface area contributed by atoms with Crippen LogP contribution < -0.4 is 11.1 Å². The predicted molar refractivity (Wildman–Crippen MR) is 106 cm³/mol. The number of carbonyl (C=O) groups is 1. The number of nitrogen functional groups attached to an aromatic ring is 1. The number of amides is 1. The zero-order chi connectivity index (χ0) is 17.6. The van der Waals surface area contributed by atoms with Crippen molar-refractivity contribution in [3.8, 4) is 0 Å². The molecule has 3 aromatic rings. The van der Waals surface area contributed by atoms with Crippen molar-refractivity contribution in [3.63, 3.8) is 0 Å². The molecule has 0 saturated heterocycles. The molecule has 3 rings (SSSR count). The average molecular weight is 348 g/mol. The second-order valence-corrected chi connectivity index (χ2v) is 7.01. The van der Waals surface area contributed by atoms with Gasteiger partial charge < -0.3 is 11.1 Å². The van der Waals surface area contributed by atoms with Gasteiger partial charge in [0.1, 0.15) is 5.25 Å². The summed E-state index contributed by atoms with van der Waals surface area (Å²) >= 11 is 1.49. The van der Waals surface area contributed by atoms with Gasteiger partial charge in [-0.1, -0.05) is 54.1 Å². The zero-order valence-electron chi connectivity index (χ0n) is 14.0. The molecule has 3 aromatic carbocycles. The van der Waals surface area contributed by atoms with E-state index in [2.05, 4.69) is 5.32 Å². The molecular formula is C21H20N2OS. The van der Waals surface area contributed by atoms with Crippen LogP contribution in [0.25, 0.3) is 0 Å². The summed E-state index contributed by atoms with van der Waals surface area (Å²) in [5.41, 5.74) is 9.48. The van der Waals surface area contributed by atoms with Gasteiger partial charge in [-0.15, -0.1) is 11.8 Å². The molecule has 0 radical (unpaired) electrons. The topological polar surface area (TPSA) is 55.1 Å². The van der Waals surface area contributed by atoms with E-state index in [1.807, 2.05) is 85.8 Å². The first kappa shape index (κ1) is 17.1. The smallest absolute Gasteiger partial charge is 0.242 e. The number of carbonyl (C=O) groups excluding carboxylic acids is 1. The number of rotatable bonds is 5. The first-order valence-electron chi connectivity index (χ1n) is 8.06. The molecule has 0 spiro atoms. The zero-order valence-corrected chi connectivity index (χ0v) is 14.8. The van der Waals surface area contributed by atoms with Crippen LogP contribution >= 0.6 is 11.8 Å². The number of nitrogens with two attached hydrogens (primary N) is 1. The van der Waals surface area contributed by atoms with Crippen molar-refractivity contribution >= 4 is 29.0 Å². The highest BCUT2D eigenvalue weighted by Crippen LogP contribution is 2.36. The summed E-state index contributed by atoms with van der Waals surface area (Å²) < 4.78 is 0. The Balaban J connectivity index is 1.85. The van der Waals surface area contributed by atoms with E-state index in [1.54, 1.807) is 0 Å². The van der Waals surface area contributed by atoms with E-state index >= 15 is 0 Å². The Kier molecular flexibility index (Phi) is 5.41. The van der Waals surface area contributed by atoms with E-state index in [0.717, 1.165) is 21.7 Å². The molecule has 1 unspecified atom stereocenters. The highest BCUT2D eigenvalue weighted by atomic mass is 32.2. The Hall–Kier alpha value is -2.72. The number of aryl methyl sites for hydroxylation is 1. The number of hydrogen-bond acceptors (Lipinski definition) is 3. The van der Waals surface area contributed by atoms with Crippen molar-refractivity contribution in [3.05, 3.63) is 90.0 Å². The molecule has 0 saturated carbocycles. The maximum Gasteiger partial charge on any atom is 0.242 e. The summed E-state index contributed by atoms with van der Waals surface area (Å²) in [5.74, 6) is -0.0533. The standard InChI is InChI=1S/C21H20N2OS/c1-15-10-12-18(13-11-15)23-21(24)20(16-6-3-2-4-7-16)25-19-9-5-8-17(22)14-19/h2-14,20H,22H2,1H3,(H,23,24). The molecule has 0 fully saturated rings. The summed E-state index contributed by atoms with van der Waals surface area (Å²) in [4.78, 5) is 13.9. The Morgan fingerprint density at radius 3 is 2.36 bits per heavy atom. The fourth-order valence-corrected chi connectivity index (χ4v) is 3.56. The molecule has 3 N–H and O–H groups in total. The average Bonchev–Trinajstić information content (AvgIpc) is 2.62. The summed E-state index contributed by atoms with van der Waals surface area (Å²) in [5, 5.41) is 2.65. The molecule has 4 heteroatoms. The van der Waals surface area contributed by atoms with Gasteiger partial charge in [0.15, 0.2) is 0 Å². The van der Waals surface area contributed by atoms with Crippen LogP contribution in [-0.2, 0) is 4.79 Å². The lowest BCUT2D eigenvalue weighted by atomic mass is 10.1. The Labute approximate surface area is 152 Å². The lowest BCUT2D eigenvalue weighted by Crippen LogP contribution is -2.19. The molecule has 0 aliphatic carbocycles. The Morgan fingerprint density at radius 1 is 0.960 bits per heavy atom. The van der Waals surface area contributed by atoms with Crippen LogP contribution in [-0.4, -0.2) is 5.91 Å². The van der Waals surface area contributed by atoms with Crippen molar-refractivity contribution in [1.29, 1.82) is 0 Å². The first-order valence-corrected chi connectivity index (χ1v) is 8.94. The molecule has 0 aliphatic heterocycles. The third kappa shape index (κ3) is 4.64. The lowest BCUT2D eigenvalue weighted by molar-refractivity contribution is -0.115. The van der Waals surface area contributed by atoms with Crippen molar-refractivity contribution in [2.45, 2.75) is 17.1 Å². The van der Waals surface area contributed by atoms with Crippen molar-refractivity contribution in [2.75, 3.05) is 11.1 Å². The van der Waals surface area contributed by atoms with E-state index in [1.165, 1.54) is 11.8 Å². The quantitative estimate of drug-likeness (QED) is 0.501. The monoisotopic (exact) mass is 348 g/mol. The Morgan fingerprint density at radius 2 is 1.68 bits per heavy atom. The van der Waals surface area contributed by atoms with Crippen LogP contribution in [0, 0.1) is 6.92 Å². The van der Waals surface area contributed by atoms with Crippen molar-refractivity contribution < 1.29 is 4.79 Å². The van der Waals surface area contributed by atoms with Gasteiger partial charge in [0.05, 0.1) is 0 Å². The summed E-state index contributed by atoms with van der Waals surface area (Å²) in [6.07, 6.45) is 0. The van der Waals surface area contributed by atoms with Crippen LogP contribution in [0.3, 0.4) is 0 Å². The van der Waals surface area contributed by atoms with Crippen LogP contribution in [0.1, 0.15) is 16.4 Å². The van der Waals surface area contributed by atoms with Gasteiger partial charge >= 0.3 is 0 Å². The highest BCUT2D eigenvalue weighted by Gasteiger charge is 2.22. The fourth-order valence-electron chi connectivity index (χ4n) is 2.47. The molecule has 25 heavy (non-hydrogen) atoms. The molecule has 3 nitrogen and oxygen atoms in total. The van der Waals surface area contributed by atoms with Crippen LogP contribution in [0.15, 0.2) is 83.8 Å². The number of benzene rings is 3. The minimum absolute atomic E-state index is 0.0533. The maximum atomic E-state index is 12.9. The molecule has 126 valence electrons. The van der Waals surface area contributed by atoms with Gasteiger partial charge in [-0.3, -0.25) is 4.79 Å². The molecule has 0 heterocycles. The van der Waals surface area contributed by atoms with Crippen molar-refractivity contribution in [1.82, 2.24) is 0 Å². The second kappa shape index (κ2) is 7.90. The van der Waals surface area contributed by atoms with Gasteiger partial charge in [-0.2, -0.15) is 0 Å². The summed E-state index contributed by atoms with van der Waals surface area (Å²) in [7, 11) is 0. The summed E-state index contributed by atoms with van der Waals surface area (Å²) in [6.45, 7) is 2.02. The van der Waals surface area contributed by atoms with E-state index in [4.69, 9.17) is 5.73 Å². The number of nitrogens with one attached hydrogen (secondary N) is 1. The Bertz CT molecular complexity index is 847. The van der Waals surface area contributed by atoms with Crippen molar-refractivity contribution in [2.24, 2.45) is 0 Å². The van der Waals surface area contributed by atoms with E-state index in [0.29, 0.717) is 5.69 Å². The molecule has 1 atom stereocenters. The third-order valence-corrected chi connectivity index (χ3v) is 5.02. The number of thioether (sulfide) groups is 1. The predicted octanol–water partition coefficient (Wildman–Crippen LogP) is 5.05. The van der Waals surface area contributed by atoms with E-state index in [-0.39, 0.29) is 11.2 Å². The first-order chi connectivity index (χ1) is 12.1. The van der Waals surface area contributed by atoms with Crippen LogP contribution in [0.5, 0.6) is 0 Å². The van der Waals surface area contributed by atoms with Crippen LogP contribution in [0.2, 0.25) is 0 Å². The minimum Gasteiger partial charge on any atom is -0.399 e. The van der Waals surface area contributed by atoms with Gasteiger partial charge in [-0.25, -0.2) is 0 Å². The SMILES string of the molecule is Cc1ccc(NC(=O)C(Sc2cccc(N)c2)c2ccccc2)cc1. The number of anilines is 2. The molecule has 0 aliphatic rings. The highest BCUT2D eigenvalue weighted by molar-refractivity contribution is 8.00. The largest absolute Gasteiger partial charge is 0.399 e. The number of hydrogen-bond donors (Lipinski definition) is 2. The normalized spacial score (nSPS) is 11.7. The molecule has 0 aromatic heterocycles. The fraction of sp³-hybridized carbons (Fsp3) is 0.0952. The minimum atomic E-state index is -0.357. The summed E-state index contributed by atoms with van der Waals surface area (Å²) in [6, 6.07) is 25.2. The van der Waals surface area contributed by atoms with E-state index in [9.17, 15) is 4.79 Å². The molecular weight excluding hydrogens is 328 g/mol. The van der Waals surface area contributed by atoms with E-state index < -0.39 is 0 Å². The second-order valence-electron chi connectivity index (χ2n) is 5.84. The lowest BCUT2D eigenvalue weighted by Gasteiger charge is -2.17. The van der Waals surface area contributed by atoms with Gasteiger partial charge in [-0.05, 0) is 42.8 Å². The molecule has 1 amide bonds. The van der Waals surface area contributed by atoms with Gasteiger partial charge in [0, 0.05) is 16.3 Å². The molecule has 0 bridgehead atoms. The maximum absolute atomic E-state index is 12.9.